The molecule has 0 spiro atoms. The highest BCUT2D eigenvalue weighted by Gasteiger charge is 2.10. The Bertz CT molecular complexity index is 341. The Hall–Kier alpha value is -1.11. The second-order valence-electron chi connectivity index (χ2n) is 2.10. The Labute approximate surface area is 63.3 Å². The van der Waals surface area contributed by atoms with Gasteiger partial charge < -0.3 is 10.2 Å². The molecule has 0 amide bonds. The first-order valence-corrected chi connectivity index (χ1v) is 4.79. The topological polar surface area (TPSA) is 99.1 Å². The van der Waals surface area contributed by atoms with E-state index in [0.717, 1.165) is 6.26 Å². The lowest BCUT2D eigenvalue weighted by molar-refractivity contribution is 0.523. The van der Waals surface area contributed by atoms with Crippen molar-refractivity contribution in [1.29, 1.82) is 0 Å². The Kier molecular flexibility index (Phi) is 1.81. The van der Waals surface area contributed by atoms with E-state index in [9.17, 15) is 8.42 Å². The molecule has 0 saturated heterocycles. The van der Waals surface area contributed by atoms with Gasteiger partial charge in [-0.05, 0) is 0 Å². The van der Waals surface area contributed by atoms with Crippen molar-refractivity contribution in [1.82, 2.24) is 10.2 Å². The third kappa shape index (κ3) is 2.54. The number of sulfone groups is 1. The molecule has 1 aromatic rings. The van der Waals surface area contributed by atoms with Crippen LogP contribution >= 0.6 is 0 Å². The van der Waals surface area contributed by atoms with Crippen LogP contribution in [0.1, 0.15) is 5.89 Å². The van der Waals surface area contributed by atoms with E-state index < -0.39 is 9.84 Å². The molecule has 1 rings (SSSR count). The molecule has 62 valence electrons. The normalized spacial score (nSPS) is 11.7. The zero-order chi connectivity index (χ0) is 8.48. The van der Waals surface area contributed by atoms with Gasteiger partial charge in [-0.3, -0.25) is 0 Å². The van der Waals surface area contributed by atoms with E-state index in [1.807, 2.05) is 0 Å². The molecule has 1 aromatic heterocycles. The van der Waals surface area contributed by atoms with Crippen molar-refractivity contribution >= 4 is 15.9 Å². The van der Waals surface area contributed by atoms with Gasteiger partial charge in [-0.25, -0.2) is 8.42 Å². The van der Waals surface area contributed by atoms with Crippen LogP contribution in [0.3, 0.4) is 0 Å². The first kappa shape index (κ1) is 7.99. The van der Waals surface area contributed by atoms with E-state index in [2.05, 4.69) is 14.6 Å². The standard InChI is InChI=1S/C4H7N3O3S/c1-11(8,9)2-3-6-7-4(5)10-3/h2H2,1H3,(H2,5,7). The van der Waals surface area contributed by atoms with Crippen LogP contribution < -0.4 is 5.73 Å². The van der Waals surface area contributed by atoms with Gasteiger partial charge in [-0.15, -0.1) is 5.10 Å². The van der Waals surface area contributed by atoms with Crippen LogP contribution in [-0.4, -0.2) is 24.9 Å². The molecule has 0 aromatic carbocycles. The largest absolute Gasteiger partial charge is 0.407 e. The van der Waals surface area contributed by atoms with Gasteiger partial charge in [-0.2, -0.15) is 0 Å². The summed E-state index contributed by atoms with van der Waals surface area (Å²) in [6, 6.07) is -0.122. The minimum absolute atomic E-state index is 0.0185. The zero-order valence-corrected chi connectivity index (χ0v) is 6.63. The fraction of sp³-hybridized carbons (Fsp3) is 0.500. The number of aromatic nitrogens is 2. The summed E-state index contributed by atoms with van der Waals surface area (Å²) in [5, 5.41) is 6.68. The summed E-state index contributed by atoms with van der Waals surface area (Å²) < 4.78 is 25.9. The lowest BCUT2D eigenvalue weighted by atomic mass is 10.8. The summed E-state index contributed by atoms with van der Waals surface area (Å²) >= 11 is 0. The second-order valence-corrected chi connectivity index (χ2v) is 4.24. The van der Waals surface area contributed by atoms with Gasteiger partial charge in [0.25, 0.3) is 0 Å². The van der Waals surface area contributed by atoms with Crippen LogP contribution in [0.4, 0.5) is 6.01 Å². The van der Waals surface area contributed by atoms with Gasteiger partial charge >= 0.3 is 6.01 Å². The Balaban J connectivity index is 2.81. The summed E-state index contributed by atoms with van der Waals surface area (Å²) in [6.45, 7) is 0. The molecule has 0 aliphatic heterocycles. The average molecular weight is 177 g/mol. The van der Waals surface area contributed by atoms with E-state index >= 15 is 0 Å². The number of rotatable bonds is 2. The van der Waals surface area contributed by atoms with Crippen LogP contribution in [0.2, 0.25) is 0 Å². The highest BCUT2D eigenvalue weighted by atomic mass is 32.2. The lowest BCUT2D eigenvalue weighted by Gasteiger charge is -1.88. The van der Waals surface area contributed by atoms with Crippen molar-refractivity contribution in [3.05, 3.63) is 5.89 Å². The molecule has 0 atom stereocenters. The number of nitrogen functional groups attached to an aromatic ring is 1. The molecule has 1 heterocycles. The van der Waals surface area contributed by atoms with Gasteiger partial charge in [0, 0.05) is 6.26 Å². The van der Waals surface area contributed by atoms with Crippen molar-refractivity contribution in [2.24, 2.45) is 0 Å². The third-order valence-corrected chi connectivity index (χ3v) is 1.64. The SMILES string of the molecule is CS(=O)(=O)Cc1nnc(N)o1. The van der Waals surface area contributed by atoms with Gasteiger partial charge in [0.2, 0.25) is 5.89 Å². The molecule has 0 unspecified atom stereocenters. The lowest BCUT2D eigenvalue weighted by Crippen LogP contribution is -2.00. The maximum absolute atomic E-state index is 10.6. The molecule has 0 bridgehead atoms. The summed E-state index contributed by atoms with van der Waals surface area (Å²) in [5.74, 6) is -0.248. The number of anilines is 1. The van der Waals surface area contributed by atoms with E-state index in [1.165, 1.54) is 0 Å². The summed E-state index contributed by atoms with van der Waals surface area (Å²) in [6.07, 6.45) is 1.08. The minimum atomic E-state index is -3.12. The van der Waals surface area contributed by atoms with Gasteiger partial charge in [0.1, 0.15) is 5.75 Å². The average Bonchev–Trinajstić information content (AvgIpc) is 2.10. The molecular weight excluding hydrogens is 170 g/mol. The molecule has 0 saturated carbocycles. The van der Waals surface area contributed by atoms with Crippen LogP contribution in [0.25, 0.3) is 0 Å². The maximum atomic E-state index is 10.6. The van der Waals surface area contributed by atoms with Crippen molar-refractivity contribution in [3.63, 3.8) is 0 Å². The first-order chi connectivity index (χ1) is 4.97. The molecule has 0 aliphatic rings. The summed E-state index contributed by atoms with van der Waals surface area (Å²) in [5.41, 5.74) is 5.06. The van der Waals surface area contributed by atoms with E-state index in [1.54, 1.807) is 0 Å². The molecule has 6 nitrogen and oxygen atoms in total. The Morgan fingerprint density at radius 2 is 2.18 bits per heavy atom. The second kappa shape index (κ2) is 2.50. The predicted octanol–water partition coefficient (Wildman–Crippen LogP) is -0.804. The molecular formula is C4H7N3O3S. The van der Waals surface area contributed by atoms with Crippen molar-refractivity contribution in [2.45, 2.75) is 5.75 Å². The number of hydrogen-bond acceptors (Lipinski definition) is 6. The Morgan fingerprint density at radius 1 is 1.55 bits per heavy atom. The molecule has 0 aliphatic carbocycles. The fourth-order valence-corrected chi connectivity index (χ4v) is 1.11. The third-order valence-electron chi connectivity index (χ3n) is 0.868. The van der Waals surface area contributed by atoms with Gasteiger partial charge in [0.15, 0.2) is 9.84 Å². The van der Waals surface area contributed by atoms with Crippen LogP contribution in [-0.2, 0) is 15.6 Å². The van der Waals surface area contributed by atoms with Crippen LogP contribution in [0.15, 0.2) is 4.42 Å². The number of nitrogens with zero attached hydrogens (tertiary/aromatic N) is 2. The molecule has 0 fully saturated rings. The van der Waals surface area contributed by atoms with E-state index in [0.29, 0.717) is 0 Å². The number of hydrogen-bond donors (Lipinski definition) is 1. The molecule has 11 heavy (non-hydrogen) atoms. The zero-order valence-electron chi connectivity index (χ0n) is 5.81. The van der Waals surface area contributed by atoms with Gasteiger partial charge in [-0.1, -0.05) is 5.10 Å². The molecule has 2 N–H and O–H groups in total. The van der Waals surface area contributed by atoms with Crippen molar-refractivity contribution < 1.29 is 12.8 Å². The minimum Gasteiger partial charge on any atom is -0.407 e. The van der Waals surface area contributed by atoms with Crippen molar-refractivity contribution in [2.75, 3.05) is 12.0 Å². The smallest absolute Gasteiger partial charge is 0.312 e. The quantitative estimate of drug-likeness (QED) is 0.634. The van der Waals surface area contributed by atoms with Crippen LogP contribution in [0.5, 0.6) is 0 Å². The van der Waals surface area contributed by atoms with E-state index in [-0.39, 0.29) is 17.7 Å². The highest BCUT2D eigenvalue weighted by molar-refractivity contribution is 7.89. The Morgan fingerprint density at radius 3 is 2.55 bits per heavy atom. The summed E-state index contributed by atoms with van der Waals surface area (Å²) in [7, 11) is -3.12. The maximum Gasteiger partial charge on any atom is 0.312 e. The van der Waals surface area contributed by atoms with E-state index in [4.69, 9.17) is 5.73 Å². The monoisotopic (exact) mass is 177 g/mol. The fourth-order valence-electron chi connectivity index (χ4n) is 0.549. The predicted molar refractivity (Wildman–Crippen MR) is 37.3 cm³/mol. The first-order valence-electron chi connectivity index (χ1n) is 2.73. The summed E-state index contributed by atoms with van der Waals surface area (Å²) in [4.78, 5) is 0. The highest BCUT2D eigenvalue weighted by Crippen LogP contribution is 2.03. The molecule has 7 heteroatoms. The molecule has 0 radical (unpaired) electrons. The van der Waals surface area contributed by atoms with Crippen LogP contribution in [0, 0.1) is 0 Å². The van der Waals surface area contributed by atoms with Gasteiger partial charge in [0.05, 0.1) is 0 Å². The van der Waals surface area contributed by atoms with Crippen molar-refractivity contribution in [3.8, 4) is 0 Å². The number of nitrogens with two attached hydrogens (primary N) is 1.